The van der Waals surface area contributed by atoms with E-state index in [0.29, 0.717) is 25.0 Å². The molecule has 2 fully saturated rings. The van der Waals surface area contributed by atoms with Gasteiger partial charge in [0.25, 0.3) is 10.1 Å². The molecule has 3 aromatic rings. The number of ether oxygens (including phenoxy) is 3. The summed E-state index contributed by atoms with van der Waals surface area (Å²) in [5.41, 5.74) is 3.26. The van der Waals surface area contributed by atoms with Crippen LogP contribution in [0.5, 0.6) is 11.5 Å². The van der Waals surface area contributed by atoms with Crippen molar-refractivity contribution in [3.63, 3.8) is 0 Å². The Morgan fingerprint density at radius 3 is 2.10 bits per heavy atom. The van der Waals surface area contributed by atoms with Gasteiger partial charge in [-0.15, -0.1) is 0 Å². The Balaban J connectivity index is 1.12. The van der Waals surface area contributed by atoms with Crippen LogP contribution in [0.2, 0.25) is 0 Å². The van der Waals surface area contributed by atoms with Crippen molar-refractivity contribution in [3.05, 3.63) is 77.6 Å². The molecule has 1 aromatic heterocycles. The Labute approximate surface area is 230 Å². The van der Waals surface area contributed by atoms with Crippen molar-refractivity contribution in [2.75, 3.05) is 50.7 Å². The number of anilines is 1. The molecule has 39 heavy (non-hydrogen) atoms. The van der Waals surface area contributed by atoms with Gasteiger partial charge in [0.2, 0.25) is 5.95 Å². The molecule has 0 unspecified atom stereocenters. The molecule has 2 saturated heterocycles. The first kappa shape index (κ1) is 27.4. The van der Waals surface area contributed by atoms with Crippen molar-refractivity contribution in [3.8, 4) is 11.5 Å². The summed E-state index contributed by atoms with van der Waals surface area (Å²) in [6.07, 6.45) is 3.32. The normalized spacial score (nSPS) is 16.4. The summed E-state index contributed by atoms with van der Waals surface area (Å²) in [5.74, 6) is 2.27. The van der Waals surface area contributed by atoms with Gasteiger partial charge in [-0.05, 0) is 41.5 Å². The molecule has 5 rings (SSSR count). The van der Waals surface area contributed by atoms with Crippen LogP contribution < -0.4 is 14.4 Å². The number of aromatic nitrogens is 2. The first-order valence-electron chi connectivity index (χ1n) is 13.1. The molecule has 0 radical (unpaired) electrons. The van der Waals surface area contributed by atoms with E-state index in [1.54, 1.807) is 6.20 Å². The molecular formula is C29H35N3O6S. The largest absolute Gasteiger partial charge is 0.494 e. The van der Waals surface area contributed by atoms with E-state index in [-0.39, 0.29) is 12.0 Å². The molecule has 0 saturated carbocycles. The van der Waals surface area contributed by atoms with Crippen molar-refractivity contribution in [1.29, 1.82) is 0 Å². The summed E-state index contributed by atoms with van der Waals surface area (Å²) < 4.78 is 43.8. The van der Waals surface area contributed by atoms with Gasteiger partial charge in [-0.1, -0.05) is 38.1 Å². The van der Waals surface area contributed by atoms with Crippen LogP contribution in [-0.4, -0.2) is 64.2 Å². The van der Waals surface area contributed by atoms with Gasteiger partial charge in [0.1, 0.15) is 18.1 Å². The standard InChI is InChI=1S/C29H35N3O6S/c1-28(2,22-5-9-25(10-6-22)36-15-4-16-38-39(3,33)34)23-7-11-26(12-8-23)37-17-24-13-14-30-27(31-24)32-18-29(19-32)20-35-21-29/h5-14H,4,15-21H2,1-3H3. The fourth-order valence-corrected chi connectivity index (χ4v) is 5.23. The molecule has 10 heteroatoms. The van der Waals surface area contributed by atoms with E-state index in [9.17, 15) is 8.42 Å². The number of rotatable bonds is 12. The van der Waals surface area contributed by atoms with E-state index in [0.717, 1.165) is 66.8 Å². The van der Waals surface area contributed by atoms with Crippen LogP contribution >= 0.6 is 0 Å². The summed E-state index contributed by atoms with van der Waals surface area (Å²) >= 11 is 0. The monoisotopic (exact) mass is 553 g/mol. The minimum absolute atomic E-state index is 0.110. The molecule has 0 atom stereocenters. The fraction of sp³-hybridized carbons (Fsp3) is 0.448. The highest BCUT2D eigenvalue weighted by Gasteiger charge is 2.49. The van der Waals surface area contributed by atoms with Crippen molar-refractivity contribution >= 4 is 16.1 Å². The molecule has 0 aliphatic carbocycles. The van der Waals surface area contributed by atoms with Gasteiger partial charge in [0, 0.05) is 31.1 Å². The third kappa shape index (κ3) is 6.69. The van der Waals surface area contributed by atoms with Crippen LogP contribution in [0.3, 0.4) is 0 Å². The first-order valence-corrected chi connectivity index (χ1v) is 14.9. The second-order valence-electron chi connectivity index (χ2n) is 10.9. The summed E-state index contributed by atoms with van der Waals surface area (Å²) in [4.78, 5) is 11.3. The molecular weight excluding hydrogens is 518 g/mol. The zero-order valence-electron chi connectivity index (χ0n) is 22.6. The molecule has 0 amide bonds. The predicted molar refractivity (Wildman–Crippen MR) is 148 cm³/mol. The van der Waals surface area contributed by atoms with Gasteiger partial charge in [-0.2, -0.15) is 8.42 Å². The highest BCUT2D eigenvalue weighted by Crippen LogP contribution is 2.39. The molecule has 1 spiro atoms. The Hall–Kier alpha value is -3.21. The van der Waals surface area contributed by atoms with Crippen LogP contribution in [0, 0.1) is 5.41 Å². The summed E-state index contributed by atoms with van der Waals surface area (Å²) in [5, 5.41) is 0. The van der Waals surface area contributed by atoms with Crippen molar-refractivity contribution in [1.82, 2.24) is 9.97 Å². The zero-order valence-corrected chi connectivity index (χ0v) is 23.4. The number of hydrogen-bond donors (Lipinski definition) is 0. The van der Waals surface area contributed by atoms with Gasteiger partial charge in [-0.25, -0.2) is 9.97 Å². The Kier molecular flexibility index (Phi) is 7.80. The average Bonchev–Trinajstić information content (AvgIpc) is 2.86. The zero-order chi connectivity index (χ0) is 27.5. The van der Waals surface area contributed by atoms with Gasteiger partial charge in [0.05, 0.1) is 43.8 Å². The van der Waals surface area contributed by atoms with Crippen LogP contribution in [-0.2, 0) is 31.1 Å². The maximum Gasteiger partial charge on any atom is 0.264 e. The third-order valence-corrected chi connectivity index (χ3v) is 7.84. The lowest BCUT2D eigenvalue weighted by atomic mass is 9.78. The lowest BCUT2D eigenvalue weighted by molar-refractivity contribution is -0.127. The van der Waals surface area contributed by atoms with Crippen LogP contribution in [0.1, 0.15) is 37.1 Å². The van der Waals surface area contributed by atoms with E-state index in [4.69, 9.17) is 18.4 Å². The van der Waals surface area contributed by atoms with Gasteiger partial charge in [-0.3, -0.25) is 4.18 Å². The SMILES string of the molecule is CC(C)(c1ccc(OCCCOS(C)(=O)=O)cc1)c1ccc(OCc2ccnc(N3CC4(COC4)C3)n2)cc1. The average molecular weight is 554 g/mol. The summed E-state index contributed by atoms with van der Waals surface area (Å²) in [7, 11) is -3.42. The summed E-state index contributed by atoms with van der Waals surface area (Å²) in [6.45, 7) is 8.81. The maximum atomic E-state index is 11.0. The fourth-order valence-electron chi connectivity index (χ4n) is 4.81. The second-order valence-corrected chi connectivity index (χ2v) is 12.5. The highest BCUT2D eigenvalue weighted by molar-refractivity contribution is 7.85. The lowest BCUT2D eigenvalue weighted by Gasteiger charge is -2.54. The molecule has 0 bridgehead atoms. The first-order chi connectivity index (χ1) is 18.6. The van der Waals surface area contributed by atoms with Crippen molar-refractivity contribution in [2.45, 2.75) is 32.3 Å². The smallest absolute Gasteiger partial charge is 0.264 e. The van der Waals surface area contributed by atoms with Crippen LogP contribution in [0.4, 0.5) is 5.95 Å². The molecule has 3 heterocycles. The van der Waals surface area contributed by atoms with E-state index in [2.05, 4.69) is 53.0 Å². The predicted octanol–water partition coefficient (Wildman–Crippen LogP) is 3.96. The van der Waals surface area contributed by atoms with E-state index in [1.165, 1.54) is 0 Å². The number of benzene rings is 2. The van der Waals surface area contributed by atoms with E-state index in [1.807, 2.05) is 30.3 Å². The second kappa shape index (κ2) is 11.1. The van der Waals surface area contributed by atoms with Gasteiger partial charge < -0.3 is 19.1 Å². The Morgan fingerprint density at radius 1 is 0.923 bits per heavy atom. The quantitative estimate of drug-likeness (QED) is 0.244. The molecule has 2 aliphatic rings. The molecule has 208 valence electrons. The molecule has 2 aromatic carbocycles. The number of hydrogen-bond acceptors (Lipinski definition) is 9. The number of nitrogens with zero attached hydrogens (tertiary/aromatic N) is 3. The molecule has 0 N–H and O–H groups in total. The topological polar surface area (TPSA) is 100 Å². The Morgan fingerprint density at radius 2 is 1.54 bits per heavy atom. The highest BCUT2D eigenvalue weighted by atomic mass is 32.2. The van der Waals surface area contributed by atoms with Crippen LogP contribution in [0.15, 0.2) is 60.8 Å². The lowest BCUT2D eigenvalue weighted by Crippen LogP contribution is -2.66. The van der Waals surface area contributed by atoms with Crippen molar-refractivity contribution in [2.24, 2.45) is 5.41 Å². The van der Waals surface area contributed by atoms with Crippen molar-refractivity contribution < 1.29 is 26.8 Å². The maximum absolute atomic E-state index is 11.0. The molecule has 9 nitrogen and oxygen atoms in total. The molecule has 2 aliphatic heterocycles. The minimum atomic E-state index is -3.42. The van der Waals surface area contributed by atoms with E-state index >= 15 is 0 Å². The third-order valence-electron chi connectivity index (χ3n) is 7.25. The van der Waals surface area contributed by atoms with Gasteiger partial charge >= 0.3 is 0 Å². The van der Waals surface area contributed by atoms with Gasteiger partial charge in [0.15, 0.2) is 0 Å². The summed E-state index contributed by atoms with van der Waals surface area (Å²) in [6, 6.07) is 18.0. The van der Waals surface area contributed by atoms with E-state index < -0.39 is 10.1 Å². The van der Waals surface area contributed by atoms with Crippen LogP contribution in [0.25, 0.3) is 0 Å². The minimum Gasteiger partial charge on any atom is -0.494 e. The Bertz CT molecular complexity index is 1360.